The van der Waals surface area contributed by atoms with E-state index in [1.807, 2.05) is 11.2 Å². The van der Waals surface area contributed by atoms with E-state index in [-0.39, 0.29) is 23.3 Å². The molecular formula is C25H25ClF2N8S2. The summed E-state index contributed by atoms with van der Waals surface area (Å²) in [6, 6.07) is 4.40. The van der Waals surface area contributed by atoms with Crippen LogP contribution in [-0.4, -0.2) is 57.8 Å². The second-order valence-corrected chi connectivity index (χ2v) is 11.8. The summed E-state index contributed by atoms with van der Waals surface area (Å²) in [5, 5.41) is 24.7. The number of alkyl halides is 2. The molecule has 1 aliphatic carbocycles. The first kappa shape index (κ1) is 26.8. The average Bonchev–Trinajstić information content (AvgIpc) is 3.33. The minimum absolute atomic E-state index is 0.0319. The third-order valence-electron chi connectivity index (χ3n) is 7.35. The van der Waals surface area contributed by atoms with Gasteiger partial charge in [-0.1, -0.05) is 29.9 Å². The number of aromatic nitrogens is 4. The molecule has 4 heterocycles. The van der Waals surface area contributed by atoms with Gasteiger partial charge in [0, 0.05) is 24.1 Å². The molecule has 0 radical (unpaired) electrons. The van der Waals surface area contributed by atoms with Crippen LogP contribution < -0.4 is 9.80 Å². The molecule has 2 aliphatic heterocycles. The molecule has 1 fully saturated rings. The van der Waals surface area contributed by atoms with Crippen molar-refractivity contribution in [2.24, 2.45) is 5.41 Å². The Hall–Kier alpha value is -2.80. The zero-order valence-corrected chi connectivity index (χ0v) is 23.6. The summed E-state index contributed by atoms with van der Waals surface area (Å²) in [5.74, 6) is -2.56. The van der Waals surface area contributed by atoms with Gasteiger partial charge in [0.15, 0.2) is 16.8 Å². The molecule has 0 amide bonds. The summed E-state index contributed by atoms with van der Waals surface area (Å²) in [5.41, 5.74) is 2.29. The fourth-order valence-electron chi connectivity index (χ4n) is 5.69. The second-order valence-electron chi connectivity index (χ2n) is 9.79. The lowest BCUT2D eigenvalue weighted by molar-refractivity contribution is -0.00836. The summed E-state index contributed by atoms with van der Waals surface area (Å²) in [6.07, 6.45) is 5.56. The molecule has 3 aliphatic rings. The number of halogens is 3. The third kappa shape index (κ3) is 4.33. The molecule has 2 aromatic rings. The van der Waals surface area contributed by atoms with Crippen molar-refractivity contribution in [2.75, 3.05) is 41.9 Å². The van der Waals surface area contributed by atoms with Crippen molar-refractivity contribution in [1.29, 1.82) is 10.5 Å². The zero-order chi connectivity index (χ0) is 27.4. The van der Waals surface area contributed by atoms with Crippen molar-refractivity contribution in [3.05, 3.63) is 44.6 Å². The van der Waals surface area contributed by atoms with E-state index >= 15 is 8.78 Å². The predicted octanol–water partition coefficient (Wildman–Crippen LogP) is 5.18. The lowest BCUT2D eigenvalue weighted by Crippen LogP contribution is -2.57. The van der Waals surface area contributed by atoms with E-state index in [2.05, 4.69) is 33.8 Å². The van der Waals surface area contributed by atoms with Crippen LogP contribution in [0, 0.1) is 35.0 Å². The molecule has 198 valence electrons. The van der Waals surface area contributed by atoms with Gasteiger partial charge in [-0.05, 0) is 42.8 Å². The van der Waals surface area contributed by atoms with Gasteiger partial charge in [-0.3, -0.25) is 4.68 Å². The largest absolute Gasteiger partial charge is 0.353 e. The van der Waals surface area contributed by atoms with Gasteiger partial charge in [-0.2, -0.15) is 15.6 Å². The number of hydrogen-bond acceptors (Lipinski definition) is 9. The Labute approximate surface area is 233 Å². The lowest BCUT2D eigenvalue weighted by Gasteiger charge is -2.50. The van der Waals surface area contributed by atoms with Gasteiger partial charge >= 0.3 is 0 Å². The summed E-state index contributed by atoms with van der Waals surface area (Å²) < 4.78 is 31.4. The molecule has 5 rings (SSSR count). The number of thioether (sulfide) groups is 2. The van der Waals surface area contributed by atoms with Gasteiger partial charge in [0.05, 0.1) is 35.6 Å². The number of aryl methyl sites for hydroxylation is 1. The van der Waals surface area contributed by atoms with Crippen LogP contribution in [0.15, 0.2) is 27.8 Å². The van der Waals surface area contributed by atoms with Crippen LogP contribution in [0.5, 0.6) is 0 Å². The highest BCUT2D eigenvalue weighted by Crippen LogP contribution is 2.55. The highest BCUT2D eigenvalue weighted by Gasteiger charge is 2.52. The highest BCUT2D eigenvalue weighted by atomic mass is 35.5. The molecule has 2 aromatic heterocycles. The molecule has 0 N–H and O–H groups in total. The molecule has 1 spiro atoms. The van der Waals surface area contributed by atoms with Gasteiger partial charge < -0.3 is 9.80 Å². The van der Waals surface area contributed by atoms with Gasteiger partial charge in [0.1, 0.15) is 18.2 Å². The van der Waals surface area contributed by atoms with Crippen LogP contribution in [-0.2, 0) is 13.1 Å². The molecule has 8 nitrogen and oxygen atoms in total. The van der Waals surface area contributed by atoms with Crippen LogP contribution in [0.3, 0.4) is 0 Å². The van der Waals surface area contributed by atoms with Gasteiger partial charge in [0.25, 0.3) is 5.92 Å². The first-order valence-corrected chi connectivity index (χ1v) is 14.7. The van der Waals surface area contributed by atoms with E-state index in [1.54, 1.807) is 24.9 Å². The van der Waals surface area contributed by atoms with Crippen molar-refractivity contribution < 1.29 is 8.78 Å². The van der Waals surface area contributed by atoms with Crippen LogP contribution in [0.1, 0.15) is 29.8 Å². The van der Waals surface area contributed by atoms with Crippen molar-refractivity contribution in [1.82, 2.24) is 19.7 Å². The van der Waals surface area contributed by atoms with Crippen molar-refractivity contribution in [3.8, 4) is 12.1 Å². The van der Waals surface area contributed by atoms with Crippen molar-refractivity contribution in [3.63, 3.8) is 0 Å². The van der Waals surface area contributed by atoms with E-state index in [0.29, 0.717) is 46.0 Å². The van der Waals surface area contributed by atoms with Gasteiger partial charge in [-0.15, -0.1) is 11.8 Å². The second kappa shape index (κ2) is 9.74. The summed E-state index contributed by atoms with van der Waals surface area (Å²) >= 11 is 9.35. The van der Waals surface area contributed by atoms with E-state index in [4.69, 9.17) is 11.6 Å². The quantitative estimate of drug-likeness (QED) is 0.272. The lowest BCUT2D eigenvalue weighted by atomic mass is 9.72. The van der Waals surface area contributed by atoms with Crippen LogP contribution in [0.4, 0.5) is 20.4 Å². The standard InChI is InChI=1S/C25H25ClF2N8S2/c1-14(7-29)19-18(37-3)5-6-24(19)10-35(11-24)22-16(8-30)21(31-23(32-22)38-4)34-9-17-20(26)15(2)33-36(17)13-25(27,28)12-34/h1,5-6,9-13H2,2-4H3. The number of hydrogen-bond donors (Lipinski definition) is 0. The molecule has 0 unspecified atom stereocenters. The molecule has 38 heavy (non-hydrogen) atoms. The minimum Gasteiger partial charge on any atom is -0.353 e. The van der Waals surface area contributed by atoms with Crippen LogP contribution in [0.2, 0.25) is 5.02 Å². The first-order valence-electron chi connectivity index (χ1n) is 11.9. The first-order chi connectivity index (χ1) is 18.1. The minimum atomic E-state index is -3.12. The third-order valence-corrected chi connectivity index (χ3v) is 9.29. The molecule has 0 aromatic carbocycles. The number of nitriles is 2. The maximum atomic E-state index is 15.1. The Morgan fingerprint density at radius 1 is 1.08 bits per heavy atom. The Bertz CT molecular complexity index is 1450. The number of nitrogens with zero attached hydrogens (tertiary/aromatic N) is 8. The number of rotatable bonds is 5. The topological polar surface area (TPSA) is 97.7 Å². The fraction of sp³-hybridized carbons (Fsp3) is 0.480. The Kier molecular flexibility index (Phi) is 6.87. The number of fused-ring (bicyclic) bond motifs is 1. The van der Waals surface area contributed by atoms with Crippen molar-refractivity contribution >= 4 is 46.8 Å². The molecule has 0 bridgehead atoms. The van der Waals surface area contributed by atoms with E-state index in [1.165, 1.54) is 26.2 Å². The monoisotopic (exact) mass is 574 g/mol. The van der Waals surface area contributed by atoms with Crippen LogP contribution >= 0.6 is 35.1 Å². The smallest absolute Gasteiger partial charge is 0.284 e. The fourth-order valence-corrected chi connectivity index (χ4v) is 7.09. The van der Waals surface area contributed by atoms with E-state index in [9.17, 15) is 10.5 Å². The Balaban J connectivity index is 1.55. The molecular weight excluding hydrogens is 550 g/mol. The maximum absolute atomic E-state index is 15.1. The van der Waals surface area contributed by atoms with Crippen LogP contribution in [0.25, 0.3) is 0 Å². The summed E-state index contributed by atoms with van der Waals surface area (Å²) in [4.78, 5) is 13.7. The summed E-state index contributed by atoms with van der Waals surface area (Å²) in [7, 11) is 0. The number of allylic oxidation sites excluding steroid dienone is 2. The molecule has 0 atom stereocenters. The predicted molar refractivity (Wildman–Crippen MR) is 146 cm³/mol. The number of anilines is 2. The van der Waals surface area contributed by atoms with E-state index < -0.39 is 19.0 Å². The molecule has 1 saturated heterocycles. The molecule has 0 saturated carbocycles. The molecule has 13 heteroatoms. The Morgan fingerprint density at radius 3 is 2.37 bits per heavy atom. The SMILES string of the molecule is C=C(C#N)C1=C(SC)CCC12CN(c1nc(SC)nc(N3Cc4c(Cl)c(C)nn4CC(F)(F)C3)c1C#N)C2. The van der Waals surface area contributed by atoms with E-state index in [0.717, 1.165) is 18.4 Å². The zero-order valence-electron chi connectivity index (χ0n) is 21.2. The Morgan fingerprint density at radius 2 is 1.76 bits per heavy atom. The van der Waals surface area contributed by atoms with Gasteiger partial charge in [-0.25, -0.2) is 18.7 Å². The highest BCUT2D eigenvalue weighted by molar-refractivity contribution is 8.02. The maximum Gasteiger partial charge on any atom is 0.284 e. The summed E-state index contributed by atoms with van der Waals surface area (Å²) in [6.45, 7) is 5.56. The van der Waals surface area contributed by atoms with Gasteiger partial charge in [0.2, 0.25) is 0 Å². The normalized spacial score (nSPS) is 19.6. The average molecular weight is 575 g/mol. The van der Waals surface area contributed by atoms with Crippen molar-refractivity contribution in [2.45, 2.75) is 43.9 Å².